The Hall–Kier alpha value is -2.22. The van der Waals surface area contributed by atoms with Crippen LogP contribution in [0.5, 0.6) is 0 Å². The summed E-state index contributed by atoms with van der Waals surface area (Å²) in [5.41, 5.74) is 1.71. The van der Waals surface area contributed by atoms with E-state index in [4.69, 9.17) is 4.74 Å². The lowest BCUT2D eigenvalue weighted by molar-refractivity contribution is -0.145. The van der Waals surface area contributed by atoms with Crippen LogP contribution in [0.4, 0.5) is 4.79 Å². The number of carbonyl (C=O) groups excluding carboxylic acids is 3. The molecule has 3 amide bonds. The van der Waals surface area contributed by atoms with Crippen molar-refractivity contribution in [2.75, 3.05) is 26.2 Å². The minimum atomic E-state index is -0.512. The third-order valence-electron chi connectivity index (χ3n) is 6.63. The molecule has 3 aliphatic rings. The smallest absolute Gasteiger partial charge is 0.410 e. The number of hydrogen-bond donors (Lipinski definition) is 0. The van der Waals surface area contributed by atoms with E-state index in [-0.39, 0.29) is 49.3 Å². The van der Waals surface area contributed by atoms with Crippen molar-refractivity contribution in [2.24, 2.45) is 11.8 Å². The van der Waals surface area contributed by atoms with Gasteiger partial charge in [0.05, 0.1) is 0 Å². The first-order chi connectivity index (χ1) is 15.1. The summed E-state index contributed by atoms with van der Waals surface area (Å²) in [5.74, 6) is 0.615. The highest BCUT2D eigenvalue weighted by Crippen LogP contribution is 2.32. The number of aryl methyl sites for hydroxylation is 1. The lowest BCUT2D eigenvalue weighted by atomic mass is 9.84. The second-order valence-electron chi connectivity index (χ2n) is 10.7. The Labute approximate surface area is 203 Å². The van der Waals surface area contributed by atoms with Crippen molar-refractivity contribution in [3.05, 3.63) is 35.4 Å². The fourth-order valence-corrected chi connectivity index (χ4v) is 5.23. The number of benzene rings is 1. The van der Waals surface area contributed by atoms with Crippen molar-refractivity contribution < 1.29 is 19.1 Å². The number of amides is 3. The molecule has 0 aliphatic carbocycles. The van der Waals surface area contributed by atoms with Gasteiger partial charge in [0.15, 0.2) is 0 Å². The highest BCUT2D eigenvalue weighted by Gasteiger charge is 2.43. The number of hydrogen-bond acceptors (Lipinski definition) is 4. The van der Waals surface area contributed by atoms with Crippen molar-refractivity contribution in [2.45, 2.75) is 65.1 Å². The van der Waals surface area contributed by atoms with Gasteiger partial charge in [-0.3, -0.25) is 9.59 Å². The molecule has 0 N–H and O–H groups in total. The monoisotopic (exact) mass is 475 g/mol. The second kappa shape index (κ2) is 9.95. The first-order valence-corrected chi connectivity index (χ1v) is 11.7. The van der Waals surface area contributed by atoms with Gasteiger partial charge in [0, 0.05) is 39.1 Å². The van der Waals surface area contributed by atoms with E-state index in [0.717, 1.165) is 12.0 Å². The molecule has 3 aliphatic heterocycles. The molecule has 0 aromatic heterocycles. The van der Waals surface area contributed by atoms with Crippen molar-refractivity contribution in [3.63, 3.8) is 0 Å². The quantitative estimate of drug-likeness (QED) is 0.673. The van der Waals surface area contributed by atoms with Crippen LogP contribution in [-0.2, 0) is 20.9 Å². The molecule has 1 aromatic carbocycles. The van der Waals surface area contributed by atoms with Gasteiger partial charge in [-0.15, -0.1) is 0 Å². The molecule has 4 rings (SSSR count). The van der Waals surface area contributed by atoms with Gasteiger partial charge in [-0.25, -0.2) is 4.79 Å². The molecule has 8 heteroatoms. The van der Waals surface area contributed by atoms with Gasteiger partial charge in [-0.05, 0) is 57.9 Å². The summed E-state index contributed by atoms with van der Waals surface area (Å²) in [5, 5.41) is 0. The molecule has 3 atom stereocenters. The molecule has 2 bridgehead atoms. The SMILES string of the molecule is Cc1ccc(CN2C(=O)CC[C@H]2C(=O)N2CC3CC(CN(C(=O)OC(C)(C)C)C3)C2)cc1.S. The molecule has 33 heavy (non-hydrogen) atoms. The van der Waals surface area contributed by atoms with E-state index in [1.54, 1.807) is 9.80 Å². The molecular formula is C25H37N3O4S. The van der Waals surface area contributed by atoms with Crippen LogP contribution in [-0.4, -0.2) is 70.4 Å². The van der Waals surface area contributed by atoms with Gasteiger partial charge in [-0.2, -0.15) is 13.5 Å². The Kier molecular flexibility index (Phi) is 7.66. The highest BCUT2D eigenvalue weighted by molar-refractivity contribution is 7.59. The van der Waals surface area contributed by atoms with Crippen molar-refractivity contribution in [1.29, 1.82) is 0 Å². The predicted octanol–water partition coefficient (Wildman–Crippen LogP) is 3.31. The molecule has 182 valence electrons. The van der Waals surface area contributed by atoms with Gasteiger partial charge in [0.2, 0.25) is 11.8 Å². The van der Waals surface area contributed by atoms with Crippen LogP contribution >= 0.6 is 13.5 Å². The normalized spacial score (nSPS) is 25.0. The Bertz CT molecular complexity index is 869. The standard InChI is InChI=1S/C25H35N3O4.H2S/c1-17-5-7-18(8-6-17)16-28-21(9-10-22(28)29)23(30)26-12-19-11-20(13-26)15-27(14-19)24(31)32-25(2,3)4;/h5-8,19-21H,9-16H2,1-4H3;1H2/t19?,20?,21-;/m0./s1. The molecule has 0 spiro atoms. The van der Waals surface area contributed by atoms with Crippen molar-refractivity contribution in [1.82, 2.24) is 14.7 Å². The van der Waals surface area contributed by atoms with Crippen LogP contribution in [0, 0.1) is 18.8 Å². The van der Waals surface area contributed by atoms with E-state index in [0.29, 0.717) is 45.6 Å². The second-order valence-corrected chi connectivity index (χ2v) is 10.7. The van der Waals surface area contributed by atoms with E-state index in [1.807, 2.05) is 56.9 Å². The Morgan fingerprint density at radius 2 is 1.58 bits per heavy atom. The minimum absolute atomic E-state index is 0. The lowest BCUT2D eigenvalue weighted by Gasteiger charge is -2.46. The summed E-state index contributed by atoms with van der Waals surface area (Å²) < 4.78 is 5.55. The zero-order chi connectivity index (χ0) is 23.0. The summed E-state index contributed by atoms with van der Waals surface area (Å²) >= 11 is 0. The largest absolute Gasteiger partial charge is 0.444 e. The average molecular weight is 476 g/mol. The van der Waals surface area contributed by atoms with Crippen LogP contribution in [0.25, 0.3) is 0 Å². The molecular weight excluding hydrogens is 438 g/mol. The number of piperidine rings is 2. The number of fused-ring (bicyclic) bond motifs is 2. The van der Waals surface area contributed by atoms with E-state index in [1.165, 1.54) is 5.56 Å². The molecule has 0 radical (unpaired) electrons. The summed E-state index contributed by atoms with van der Waals surface area (Å²) in [6.07, 6.45) is 1.77. The molecule has 2 unspecified atom stereocenters. The molecule has 3 fully saturated rings. The van der Waals surface area contributed by atoms with E-state index >= 15 is 0 Å². The van der Waals surface area contributed by atoms with E-state index in [9.17, 15) is 14.4 Å². The minimum Gasteiger partial charge on any atom is -0.444 e. The van der Waals surface area contributed by atoms with Crippen molar-refractivity contribution in [3.8, 4) is 0 Å². The summed E-state index contributed by atoms with van der Waals surface area (Å²) in [7, 11) is 0. The summed E-state index contributed by atoms with van der Waals surface area (Å²) in [4.78, 5) is 44.0. The zero-order valence-electron chi connectivity index (χ0n) is 20.2. The summed E-state index contributed by atoms with van der Waals surface area (Å²) in [6.45, 7) is 10.6. The van der Waals surface area contributed by atoms with Gasteiger partial charge in [-0.1, -0.05) is 29.8 Å². The lowest BCUT2D eigenvalue weighted by Crippen LogP contribution is -2.58. The Morgan fingerprint density at radius 1 is 1.00 bits per heavy atom. The molecule has 3 heterocycles. The molecule has 7 nitrogen and oxygen atoms in total. The van der Waals surface area contributed by atoms with Crippen LogP contribution < -0.4 is 0 Å². The first-order valence-electron chi connectivity index (χ1n) is 11.7. The maximum absolute atomic E-state index is 13.5. The van der Waals surface area contributed by atoms with Gasteiger partial charge < -0.3 is 19.4 Å². The zero-order valence-corrected chi connectivity index (χ0v) is 21.2. The number of carbonyl (C=O) groups is 3. The third kappa shape index (κ3) is 6.02. The molecule has 0 saturated carbocycles. The number of ether oxygens (including phenoxy) is 1. The fraction of sp³-hybridized carbons (Fsp3) is 0.640. The third-order valence-corrected chi connectivity index (χ3v) is 6.63. The number of likely N-dealkylation sites (tertiary alicyclic amines) is 3. The van der Waals surface area contributed by atoms with Gasteiger partial charge in [0.1, 0.15) is 11.6 Å². The van der Waals surface area contributed by atoms with Crippen LogP contribution in [0.15, 0.2) is 24.3 Å². The highest BCUT2D eigenvalue weighted by atomic mass is 32.1. The van der Waals surface area contributed by atoms with Crippen molar-refractivity contribution >= 4 is 31.4 Å². The fourth-order valence-electron chi connectivity index (χ4n) is 5.23. The van der Waals surface area contributed by atoms with Crippen LogP contribution in [0.2, 0.25) is 0 Å². The predicted molar refractivity (Wildman–Crippen MR) is 131 cm³/mol. The Morgan fingerprint density at radius 3 is 2.15 bits per heavy atom. The van der Waals surface area contributed by atoms with Gasteiger partial charge in [0.25, 0.3) is 0 Å². The van der Waals surface area contributed by atoms with Gasteiger partial charge >= 0.3 is 6.09 Å². The molecule has 3 saturated heterocycles. The van der Waals surface area contributed by atoms with Crippen LogP contribution in [0.1, 0.15) is 51.2 Å². The summed E-state index contributed by atoms with van der Waals surface area (Å²) in [6, 6.07) is 7.74. The van der Waals surface area contributed by atoms with Crippen LogP contribution in [0.3, 0.4) is 0 Å². The first kappa shape index (κ1) is 25.4. The topological polar surface area (TPSA) is 70.2 Å². The Balaban J connectivity index is 0.00000306. The van der Waals surface area contributed by atoms with E-state index < -0.39 is 5.60 Å². The molecule has 1 aromatic rings. The van der Waals surface area contributed by atoms with E-state index in [2.05, 4.69) is 0 Å². The maximum atomic E-state index is 13.5. The number of nitrogens with zero attached hydrogens (tertiary/aromatic N) is 3. The maximum Gasteiger partial charge on any atom is 0.410 e. The average Bonchev–Trinajstić information content (AvgIpc) is 3.07. The number of rotatable bonds is 3.